The van der Waals surface area contributed by atoms with Crippen molar-refractivity contribution in [3.63, 3.8) is 0 Å². The van der Waals surface area contributed by atoms with Gasteiger partial charge in [0.25, 0.3) is 0 Å². The van der Waals surface area contributed by atoms with E-state index in [2.05, 4.69) is 13.8 Å². The Bertz CT molecular complexity index is 151. The normalized spacial score (nSPS) is 50.1. The van der Waals surface area contributed by atoms with Gasteiger partial charge in [0.2, 0.25) is 0 Å². The first-order valence-corrected chi connectivity index (χ1v) is 4.26. The number of fused-ring (bicyclic) bond motifs is 2. The molecule has 0 radical (unpaired) electrons. The van der Waals surface area contributed by atoms with Crippen molar-refractivity contribution in [3.05, 3.63) is 0 Å². The Morgan fingerprint density at radius 3 is 2.20 bits per heavy atom. The van der Waals surface area contributed by atoms with Crippen molar-refractivity contribution in [1.82, 2.24) is 0 Å². The zero-order valence-corrected chi connectivity index (χ0v) is 6.73. The summed E-state index contributed by atoms with van der Waals surface area (Å²) < 4.78 is 13.1. The number of hydrogen-bond donors (Lipinski definition) is 0. The highest BCUT2D eigenvalue weighted by molar-refractivity contribution is 5.02. The summed E-state index contributed by atoms with van der Waals surface area (Å²) in [5, 5.41) is 0. The summed E-state index contributed by atoms with van der Waals surface area (Å²) in [6.07, 6.45) is 2.78. The van der Waals surface area contributed by atoms with Crippen LogP contribution in [-0.4, -0.2) is 6.17 Å². The van der Waals surface area contributed by atoms with Crippen LogP contribution in [0.2, 0.25) is 0 Å². The highest BCUT2D eigenvalue weighted by Gasteiger charge is 2.53. The minimum atomic E-state index is -0.478. The topological polar surface area (TPSA) is 0 Å². The lowest BCUT2D eigenvalue weighted by molar-refractivity contribution is 0.189. The average molecular weight is 142 g/mol. The van der Waals surface area contributed by atoms with Gasteiger partial charge in [-0.15, -0.1) is 0 Å². The van der Waals surface area contributed by atoms with E-state index in [1.165, 1.54) is 6.42 Å². The Kier molecular flexibility index (Phi) is 1.16. The summed E-state index contributed by atoms with van der Waals surface area (Å²) >= 11 is 0. The second-order valence-corrected chi connectivity index (χ2v) is 4.45. The molecule has 0 amide bonds. The Hall–Kier alpha value is -0.0700. The SMILES string of the molecule is CC1(C)C2CCC1C(F)C2. The van der Waals surface area contributed by atoms with Crippen LogP contribution in [0.1, 0.15) is 33.1 Å². The molecule has 2 saturated carbocycles. The Morgan fingerprint density at radius 2 is 2.00 bits per heavy atom. The van der Waals surface area contributed by atoms with E-state index in [9.17, 15) is 4.39 Å². The molecule has 2 aliphatic rings. The smallest absolute Gasteiger partial charge is 0.104 e. The second kappa shape index (κ2) is 1.75. The third-order valence-electron chi connectivity index (χ3n) is 3.78. The first-order valence-electron chi connectivity index (χ1n) is 4.26. The molecular weight excluding hydrogens is 127 g/mol. The Balaban J connectivity index is 2.27. The molecule has 0 saturated heterocycles. The lowest BCUT2D eigenvalue weighted by Crippen LogP contribution is -2.19. The molecule has 0 N–H and O–H groups in total. The van der Waals surface area contributed by atoms with E-state index in [1.54, 1.807) is 0 Å². The van der Waals surface area contributed by atoms with Crippen molar-refractivity contribution in [3.8, 4) is 0 Å². The lowest BCUT2D eigenvalue weighted by Gasteiger charge is -2.23. The summed E-state index contributed by atoms with van der Waals surface area (Å²) in [5.41, 5.74) is 0.319. The second-order valence-electron chi connectivity index (χ2n) is 4.45. The molecule has 0 heterocycles. The van der Waals surface area contributed by atoms with Crippen LogP contribution in [0, 0.1) is 17.3 Å². The molecule has 1 heteroatoms. The molecule has 10 heavy (non-hydrogen) atoms. The van der Waals surface area contributed by atoms with E-state index in [-0.39, 0.29) is 0 Å². The first-order chi connectivity index (χ1) is 4.62. The summed E-state index contributed by atoms with van der Waals surface area (Å²) in [6, 6.07) is 0. The van der Waals surface area contributed by atoms with E-state index in [4.69, 9.17) is 0 Å². The van der Waals surface area contributed by atoms with Crippen LogP contribution in [0.25, 0.3) is 0 Å². The molecule has 2 rings (SSSR count). The summed E-state index contributed by atoms with van der Waals surface area (Å²) in [5.74, 6) is 1.07. The molecule has 3 atom stereocenters. The Morgan fingerprint density at radius 1 is 1.30 bits per heavy atom. The van der Waals surface area contributed by atoms with Gasteiger partial charge in [0.15, 0.2) is 0 Å². The zero-order valence-electron chi connectivity index (χ0n) is 6.73. The predicted molar refractivity (Wildman–Crippen MR) is 39.5 cm³/mol. The van der Waals surface area contributed by atoms with Crippen LogP contribution in [0.5, 0.6) is 0 Å². The molecule has 0 aromatic heterocycles. The van der Waals surface area contributed by atoms with Gasteiger partial charge in [-0.3, -0.25) is 0 Å². The molecule has 0 spiro atoms. The highest BCUT2D eigenvalue weighted by atomic mass is 19.1. The van der Waals surface area contributed by atoms with Crippen molar-refractivity contribution in [2.75, 3.05) is 0 Å². The molecule has 0 aliphatic heterocycles. The van der Waals surface area contributed by atoms with E-state index in [0.29, 0.717) is 17.3 Å². The minimum absolute atomic E-state index is 0.319. The monoisotopic (exact) mass is 142 g/mol. The van der Waals surface area contributed by atoms with Crippen LogP contribution in [-0.2, 0) is 0 Å². The maximum Gasteiger partial charge on any atom is 0.104 e. The summed E-state index contributed by atoms with van der Waals surface area (Å²) in [6.45, 7) is 4.46. The highest BCUT2D eigenvalue weighted by Crippen LogP contribution is 2.58. The summed E-state index contributed by atoms with van der Waals surface area (Å²) in [7, 11) is 0. The molecule has 3 unspecified atom stereocenters. The maximum absolute atomic E-state index is 13.1. The molecular formula is C9H15F. The van der Waals surface area contributed by atoms with E-state index >= 15 is 0 Å². The van der Waals surface area contributed by atoms with Gasteiger partial charge in [-0.1, -0.05) is 13.8 Å². The van der Waals surface area contributed by atoms with Crippen molar-refractivity contribution in [2.45, 2.75) is 39.3 Å². The molecule has 0 nitrogen and oxygen atoms in total. The van der Waals surface area contributed by atoms with Crippen LogP contribution in [0.4, 0.5) is 4.39 Å². The third-order valence-corrected chi connectivity index (χ3v) is 3.78. The Labute approximate surface area is 61.8 Å². The van der Waals surface area contributed by atoms with Crippen molar-refractivity contribution < 1.29 is 4.39 Å². The van der Waals surface area contributed by atoms with Gasteiger partial charge >= 0.3 is 0 Å². The number of rotatable bonds is 0. The van der Waals surface area contributed by atoms with Gasteiger partial charge < -0.3 is 0 Å². The summed E-state index contributed by atoms with van der Waals surface area (Å²) in [4.78, 5) is 0. The predicted octanol–water partition coefficient (Wildman–Crippen LogP) is 2.78. The van der Waals surface area contributed by atoms with Gasteiger partial charge in [-0.05, 0) is 36.5 Å². The molecule has 0 aromatic carbocycles. The van der Waals surface area contributed by atoms with Crippen molar-refractivity contribution in [1.29, 1.82) is 0 Å². The average Bonchev–Trinajstić information content (AvgIpc) is 2.20. The maximum atomic E-state index is 13.1. The fourth-order valence-electron chi connectivity index (χ4n) is 2.93. The largest absolute Gasteiger partial charge is 0.247 e. The quantitative estimate of drug-likeness (QED) is 0.488. The number of alkyl halides is 1. The van der Waals surface area contributed by atoms with Crippen LogP contribution in [0.15, 0.2) is 0 Å². The molecule has 2 aliphatic carbocycles. The molecule has 2 fully saturated rings. The van der Waals surface area contributed by atoms with Crippen molar-refractivity contribution >= 4 is 0 Å². The molecule has 58 valence electrons. The fraction of sp³-hybridized carbons (Fsp3) is 1.00. The van der Waals surface area contributed by atoms with Crippen LogP contribution in [0.3, 0.4) is 0 Å². The van der Waals surface area contributed by atoms with Crippen molar-refractivity contribution in [2.24, 2.45) is 17.3 Å². The van der Waals surface area contributed by atoms with Gasteiger partial charge in [-0.25, -0.2) is 4.39 Å². The van der Waals surface area contributed by atoms with Gasteiger partial charge in [-0.2, -0.15) is 0 Å². The third kappa shape index (κ3) is 0.613. The fourth-order valence-corrected chi connectivity index (χ4v) is 2.93. The van der Waals surface area contributed by atoms with E-state index in [0.717, 1.165) is 12.8 Å². The molecule has 2 bridgehead atoms. The van der Waals surface area contributed by atoms with Gasteiger partial charge in [0, 0.05) is 0 Å². The van der Waals surface area contributed by atoms with Gasteiger partial charge in [0.05, 0.1) is 0 Å². The number of hydrogen-bond acceptors (Lipinski definition) is 0. The standard InChI is InChI=1S/C9H15F/c1-9(2)6-3-4-7(9)8(10)5-6/h6-8H,3-5H2,1-2H3. The lowest BCUT2D eigenvalue weighted by atomic mass is 9.82. The first kappa shape index (κ1) is 6.63. The minimum Gasteiger partial charge on any atom is -0.247 e. The van der Waals surface area contributed by atoms with E-state index in [1.807, 2.05) is 0 Å². The number of halogens is 1. The van der Waals surface area contributed by atoms with Crippen LogP contribution >= 0.6 is 0 Å². The zero-order chi connectivity index (χ0) is 7.35. The van der Waals surface area contributed by atoms with Crippen LogP contribution < -0.4 is 0 Å². The van der Waals surface area contributed by atoms with Gasteiger partial charge in [0.1, 0.15) is 6.17 Å². The van der Waals surface area contributed by atoms with E-state index < -0.39 is 6.17 Å². The molecule has 0 aromatic rings.